The molecule has 8 nitrogen and oxygen atoms in total. The summed E-state index contributed by atoms with van der Waals surface area (Å²) in [6, 6.07) is 11.1. The zero-order valence-corrected chi connectivity index (χ0v) is 16.1. The summed E-state index contributed by atoms with van der Waals surface area (Å²) in [5.74, 6) is -0.499. The SMILES string of the molecule is CCN(CC)C(=O)c1ccc(NC(=O)COc2ccc(C)cc2[N+](=O)[O-])cc1. The van der Waals surface area contributed by atoms with Crippen LogP contribution in [0.25, 0.3) is 0 Å². The lowest BCUT2D eigenvalue weighted by molar-refractivity contribution is -0.385. The number of carbonyl (C=O) groups excluding carboxylic acids is 2. The summed E-state index contributed by atoms with van der Waals surface area (Å²) in [4.78, 5) is 36.6. The maximum absolute atomic E-state index is 12.3. The number of rotatable bonds is 8. The van der Waals surface area contributed by atoms with E-state index in [0.717, 1.165) is 5.56 Å². The minimum Gasteiger partial charge on any atom is -0.477 e. The van der Waals surface area contributed by atoms with Crippen LogP contribution in [0, 0.1) is 17.0 Å². The molecule has 0 unspecified atom stereocenters. The molecule has 1 N–H and O–H groups in total. The molecular weight excluding hydrogens is 362 g/mol. The summed E-state index contributed by atoms with van der Waals surface area (Å²) in [7, 11) is 0. The third-order valence-corrected chi connectivity index (χ3v) is 4.14. The summed E-state index contributed by atoms with van der Waals surface area (Å²) in [6.07, 6.45) is 0. The first-order valence-electron chi connectivity index (χ1n) is 8.92. The highest BCUT2D eigenvalue weighted by molar-refractivity contribution is 5.96. The van der Waals surface area contributed by atoms with E-state index in [1.807, 2.05) is 13.8 Å². The van der Waals surface area contributed by atoms with Gasteiger partial charge in [-0.15, -0.1) is 0 Å². The molecule has 0 aromatic heterocycles. The first-order valence-corrected chi connectivity index (χ1v) is 8.92. The second-order valence-electron chi connectivity index (χ2n) is 6.12. The van der Waals surface area contributed by atoms with E-state index < -0.39 is 10.8 Å². The van der Waals surface area contributed by atoms with Gasteiger partial charge in [-0.2, -0.15) is 0 Å². The molecule has 2 amide bonds. The molecule has 0 fully saturated rings. The highest BCUT2D eigenvalue weighted by atomic mass is 16.6. The number of carbonyl (C=O) groups is 2. The van der Waals surface area contributed by atoms with Crippen LogP contribution in [0.2, 0.25) is 0 Å². The van der Waals surface area contributed by atoms with E-state index in [-0.39, 0.29) is 24.0 Å². The van der Waals surface area contributed by atoms with Gasteiger partial charge in [-0.25, -0.2) is 0 Å². The minimum absolute atomic E-state index is 0.0333. The Labute approximate surface area is 163 Å². The number of nitrogens with zero attached hydrogens (tertiary/aromatic N) is 2. The second-order valence-corrected chi connectivity index (χ2v) is 6.12. The Hall–Kier alpha value is -3.42. The van der Waals surface area contributed by atoms with Gasteiger partial charge in [0.1, 0.15) is 0 Å². The van der Waals surface area contributed by atoms with Crippen molar-refractivity contribution in [1.82, 2.24) is 4.90 Å². The fourth-order valence-electron chi connectivity index (χ4n) is 2.62. The van der Waals surface area contributed by atoms with E-state index in [2.05, 4.69) is 5.32 Å². The molecule has 2 aromatic carbocycles. The number of hydrogen-bond acceptors (Lipinski definition) is 5. The van der Waals surface area contributed by atoms with Gasteiger partial charge in [0.2, 0.25) is 0 Å². The van der Waals surface area contributed by atoms with Crippen molar-refractivity contribution in [2.45, 2.75) is 20.8 Å². The lowest BCUT2D eigenvalue weighted by atomic mass is 10.1. The van der Waals surface area contributed by atoms with Crippen LogP contribution < -0.4 is 10.1 Å². The fraction of sp³-hybridized carbons (Fsp3) is 0.300. The minimum atomic E-state index is -0.550. The van der Waals surface area contributed by atoms with Crippen molar-refractivity contribution in [3.8, 4) is 5.75 Å². The summed E-state index contributed by atoms with van der Waals surface area (Å²) in [5, 5.41) is 13.7. The van der Waals surface area contributed by atoms with Gasteiger partial charge in [-0.1, -0.05) is 6.07 Å². The maximum atomic E-state index is 12.3. The van der Waals surface area contributed by atoms with E-state index in [0.29, 0.717) is 24.3 Å². The Balaban J connectivity index is 1.97. The predicted octanol–water partition coefficient (Wildman–Crippen LogP) is 3.40. The number of ether oxygens (including phenoxy) is 1. The Bertz CT molecular complexity index is 861. The van der Waals surface area contributed by atoms with E-state index >= 15 is 0 Å². The van der Waals surface area contributed by atoms with Crippen LogP contribution in [0.1, 0.15) is 29.8 Å². The molecule has 0 bridgehead atoms. The van der Waals surface area contributed by atoms with Crippen molar-refractivity contribution < 1.29 is 19.2 Å². The average Bonchev–Trinajstić information content (AvgIpc) is 2.68. The summed E-state index contributed by atoms with van der Waals surface area (Å²) < 4.78 is 5.30. The predicted molar refractivity (Wildman–Crippen MR) is 106 cm³/mol. The van der Waals surface area contributed by atoms with Crippen molar-refractivity contribution in [2.75, 3.05) is 25.0 Å². The molecule has 28 heavy (non-hydrogen) atoms. The molecule has 0 spiro atoms. The third kappa shape index (κ3) is 5.29. The van der Waals surface area contributed by atoms with E-state index in [9.17, 15) is 19.7 Å². The van der Waals surface area contributed by atoms with Crippen LogP contribution in [0.5, 0.6) is 5.75 Å². The monoisotopic (exact) mass is 385 g/mol. The van der Waals surface area contributed by atoms with Crippen LogP contribution in [0.3, 0.4) is 0 Å². The topological polar surface area (TPSA) is 102 Å². The molecule has 0 radical (unpaired) electrons. The van der Waals surface area contributed by atoms with Crippen LogP contribution in [0.4, 0.5) is 11.4 Å². The van der Waals surface area contributed by atoms with Gasteiger partial charge < -0.3 is 15.0 Å². The molecular formula is C20H23N3O5. The standard InChI is InChI=1S/C20H23N3O5/c1-4-22(5-2)20(25)15-7-9-16(10-8-15)21-19(24)13-28-18-11-6-14(3)12-17(18)23(26)27/h6-12H,4-5,13H2,1-3H3,(H,21,24). The van der Waals surface area contributed by atoms with E-state index in [1.54, 1.807) is 42.2 Å². The molecule has 0 heterocycles. The molecule has 8 heteroatoms. The number of benzene rings is 2. The van der Waals surface area contributed by atoms with Crippen molar-refractivity contribution >= 4 is 23.2 Å². The summed E-state index contributed by atoms with van der Waals surface area (Å²) >= 11 is 0. The van der Waals surface area contributed by atoms with Crippen molar-refractivity contribution in [3.63, 3.8) is 0 Å². The van der Waals surface area contributed by atoms with Gasteiger partial charge in [0.05, 0.1) is 4.92 Å². The number of aryl methyl sites for hydroxylation is 1. The maximum Gasteiger partial charge on any atom is 0.311 e. The molecule has 148 valence electrons. The Morgan fingerprint density at radius 3 is 2.32 bits per heavy atom. The molecule has 2 aromatic rings. The Morgan fingerprint density at radius 2 is 1.75 bits per heavy atom. The van der Waals surface area contributed by atoms with Crippen LogP contribution in [-0.4, -0.2) is 41.3 Å². The zero-order chi connectivity index (χ0) is 20.7. The molecule has 0 aliphatic carbocycles. The van der Waals surface area contributed by atoms with E-state index in [1.165, 1.54) is 12.1 Å². The number of nitrogens with one attached hydrogen (secondary N) is 1. The quantitative estimate of drug-likeness (QED) is 0.554. The van der Waals surface area contributed by atoms with Crippen molar-refractivity contribution in [2.24, 2.45) is 0 Å². The summed E-state index contributed by atoms with van der Waals surface area (Å²) in [6.45, 7) is 6.43. The largest absolute Gasteiger partial charge is 0.477 e. The molecule has 0 aliphatic heterocycles. The highest BCUT2D eigenvalue weighted by Crippen LogP contribution is 2.27. The van der Waals surface area contributed by atoms with Gasteiger partial charge in [0.25, 0.3) is 11.8 Å². The van der Waals surface area contributed by atoms with Gasteiger partial charge in [0, 0.05) is 30.4 Å². The summed E-state index contributed by atoms with van der Waals surface area (Å²) in [5.41, 5.74) is 1.58. The molecule has 2 rings (SSSR count). The number of amides is 2. The molecule has 0 aliphatic rings. The number of nitro benzene ring substituents is 1. The fourth-order valence-corrected chi connectivity index (χ4v) is 2.62. The average molecular weight is 385 g/mol. The molecule has 0 saturated carbocycles. The number of nitro groups is 1. The van der Waals surface area contributed by atoms with Crippen molar-refractivity contribution in [3.05, 3.63) is 63.7 Å². The van der Waals surface area contributed by atoms with Crippen LogP contribution >= 0.6 is 0 Å². The van der Waals surface area contributed by atoms with Crippen molar-refractivity contribution in [1.29, 1.82) is 0 Å². The van der Waals surface area contributed by atoms with Crippen LogP contribution in [-0.2, 0) is 4.79 Å². The Kier molecular flexibility index (Phi) is 7.08. The molecule has 0 saturated heterocycles. The lowest BCUT2D eigenvalue weighted by Crippen LogP contribution is -2.30. The Morgan fingerprint density at radius 1 is 1.11 bits per heavy atom. The number of anilines is 1. The lowest BCUT2D eigenvalue weighted by Gasteiger charge is -2.18. The first-order chi connectivity index (χ1) is 13.3. The van der Waals surface area contributed by atoms with Crippen LogP contribution in [0.15, 0.2) is 42.5 Å². The molecule has 0 atom stereocenters. The number of hydrogen-bond donors (Lipinski definition) is 1. The first kappa shape index (κ1) is 20.9. The smallest absolute Gasteiger partial charge is 0.311 e. The van der Waals surface area contributed by atoms with Gasteiger partial charge >= 0.3 is 5.69 Å². The highest BCUT2D eigenvalue weighted by Gasteiger charge is 2.16. The third-order valence-electron chi connectivity index (χ3n) is 4.14. The van der Waals surface area contributed by atoms with E-state index in [4.69, 9.17) is 4.74 Å². The van der Waals surface area contributed by atoms with Gasteiger partial charge in [-0.3, -0.25) is 19.7 Å². The zero-order valence-electron chi connectivity index (χ0n) is 16.1. The van der Waals surface area contributed by atoms with Gasteiger partial charge in [0.15, 0.2) is 12.4 Å². The van der Waals surface area contributed by atoms with Gasteiger partial charge in [-0.05, 0) is 56.7 Å². The second kappa shape index (κ2) is 9.50. The normalized spacial score (nSPS) is 10.2.